The summed E-state index contributed by atoms with van der Waals surface area (Å²) >= 11 is 6.11. The minimum Gasteiger partial charge on any atom is -0.377 e. The summed E-state index contributed by atoms with van der Waals surface area (Å²) in [7, 11) is 0. The maximum atomic E-state index is 13.7. The lowest BCUT2D eigenvalue weighted by Gasteiger charge is -2.19. The smallest absolute Gasteiger partial charge is 0.131 e. The van der Waals surface area contributed by atoms with Crippen LogP contribution in [0.25, 0.3) is 0 Å². The Labute approximate surface area is 116 Å². The minimum atomic E-state index is -0.581. The first kappa shape index (κ1) is 13.8. The van der Waals surface area contributed by atoms with Crippen LogP contribution in [0.1, 0.15) is 24.1 Å². The molecule has 0 saturated carbocycles. The van der Waals surface area contributed by atoms with Crippen molar-refractivity contribution in [3.8, 4) is 0 Å². The second-order valence-electron chi connectivity index (χ2n) is 4.46. The standard InChI is InChI=1S/C15H14ClF2N/c1-9-4-3-5-13(16)15(9)19-10(2)12-7-6-11(17)8-14(12)18/h3-8,10,19H,1-2H3. The van der Waals surface area contributed by atoms with E-state index in [0.717, 1.165) is 17.3 Å². The summed E-state index contributed by atoms with van der Waals surface area (Å²) in [6.45, 7) is 3.72. The number of hydrogen-bond acceptors (Lipinski definition) is 1. The Bertz CT molecular complexity index is 578. The van der Waals surface area contributed by atoms with E-state index in [0.29, 0.717) is 10.6 Å². The Balaban J connectivity index is 2.28. The number of para-hydroxylation sites is 1. The van der Waals surface area contributed by atoms with Gasteiger partial charge in [-0.2, -0.15) is 0 Å². The molecule has 19 heavy (non-hydrogen) atoms. The predicted molar refractivity (Wildman–Crippen MR) is 74.6 cm³/mol. The number of anilines is 1. The molecule has 0 aliphatic rings. The van der Waals surface area contributed by atoms with Gasteiger partial charge in [0.25, 0.3) is 0 Å². The summed E-state index contributed by atoms with van der Waals surface area (Å²) in [5, 5.41) is 3.74. The Morgan fingerprint density at radius 3 is 2.53 bits per heavy atom. The Morgan fingerprint density at radius 2 is 1.89 bits per heavy atom. The molecule has 0 spiro atoms. The molecule has 1 atom stereocenters. The molecule has 0 bridgehead atoms. The molecule has 2 rings (SSSR count). The zero-order chi connectivity index (χ0) is 14.0. The summed E-state index contributed by atoms with van der Waals surface area (Å²) in [5.41, 5.74) is 2.14. The van der Waals surface area contributed by atoms with Gasteiger partial charge in [0, 0.05) is 11.6 Å². The van der Waals surface area contributed by atoms with E-state index in [1.807, 2.05) is 19.1 Å². The Kier molecular flexibility index (Phi) is 4.05. The highest BCUT2D eigenvalue weighted by Crippen LogP contribution is 2.30. The zero-order valence-corrected chi connectivity index (χ0v) is 11.4. The van der Waals surface area contributed by atoms with E-state index in [-0.39, 0.29) is 6.04 Å². The quantitative estimate of drug-likeness (QED) is 0.825. The average Bonchev–Trinajstić information content (AvgIpc) is 2.33. The van der Waals surface area contributed by atoms with Crippen molar-refractivity contribution in [2.45, 2.75) is 19.9 Å². The van der Waals surface area contributed by atoms with Gasteiger partial charge in [-0.3, -0.25) is 0 Å². The fourth-order valence-corrected chi connectivity index (χ4v) is 2.24. The molecule has 2 aromatic rings. The maximum absolute atomic E-state index is 13.7. The summed E-state index contributed by atoms with van der Waals surface area (Å²) in [5.74, 6) is -1.15. The normalized spacial score (nSPS) is 12.3. The third-order valence-corrected chi connectivity index (χ3v) is 3.33. The highest BCUT2D eigenvalue weighted by molar-refractivity contribution is 6.33. The van der Waals surface area contributed by atoms with Crippen LogP contribution in [0.5, 0.6) is 0 Å². The summed E-state index contributed by atoms with van der Waals surface area (Å²) < 4.78 is 26.6. The topological polar surface area (TPSA) is 12.0 Å². The maximum Gasteiger partial charge on any atom is 0.131 e. The third kappa shape index (κ3) is 3.04. The van der Waals surface area contributed by atoms with Gasteiger partial charge < -0.3 is 5.32 Å². The first-order chi connectivity index (χ1) is 8.99. The molecule has 1 N–H and O–H groups in total. The van der Waals surface area contributed by atoms with E-state index in [2.05, 4.69) is 5.32 Å². The van der Waals surface area contributed by atoms with Crippen molar-refractivity contribution >= 4 is 17.3 Å². The van der Waals surface area contributed by atoms with Crippen LogP contribution >= 0.6 is 11.6 Å². The average molecular weight is 282 g/mol. The van der Waals surface area contributed by atoms with Crippen LogP contribution in [0, 0.1) is 18.6 Å². The molecule has 0 amide bonds. The van der Waals surface area contributed by atoms with Gasteiger partial charge in [-0.05, 0) is 31.5 Å². The number of rotatable bonds is 3. The van der Waals surface area contributed by atoms with Gasteiger partial charge in [-0.1, -0.05) is 29.8 Å². The van der Waals surface area contributed by atoms with Gasteiger partial charge in [-0.15, -0.1) is 0 Å². The number of hydrogen-bond donors (Lipinski definition) is 1. The van der Waals surface area contributed by atoms with E-state index < -0.39 is 11.6 Å². The highest BCUT2D eigenvalue weighted by atomic mass is 35.5. The number of benzene rings is 2. The van der Waals surface area contributed by atoms with Crippen molar-refractivity contribution in [2.75, 3.05) is 5.32 Å². The molecule has 100 valence electrons. The molecule has 0 heterocycles. The van der Waals surface area contributed by atoms with E-state index in [9.17, 15) is 8.78 Å². The molecule has 2 aromatic carbocycles. The van der Waals surface area contributed by atoms with E-state index in [1.165, 1.54) is 12.1 Å². The molecule has 1 unspecified atom stereocenters. The lowest BCUT2D eigenvalue weighted by Crippen LogP contribution is -2.10. The van der Waals surface area contributed by atoms with Gasteiger partial charge in [0.1, 0.15) is 11.6 Å². The van der Waals surface area contributed by atoms with E-state index in [4.69, 9.17) is 11.6 Å². The number of halogens is 3. The highest BCUT2D eigenvalue weighted by Gasteiger charge is 2.13. The molecule has 0 aliphatic carbocycles. The third-order valence-electron chi connectivity index (χ3n) is 3.01. The molecule has 4 heteroatoms. The summed E-state index contributed by atoms with van der Waals surface area (Å²) in [6.07, 6.45) is 0. The molecule has 1 nitrogen and oxygen atoms in total. The van der Waals surface area contributed by atoms with Crippen molar-refractivity contribution in [1.29, 1.82) is 0 Å². The van der Waals surface area contributed by atoms with Crippen LogP contribution in [0.4, 0.5) is 14.5 Å². The summed E-state index contributed by atoms with van der Waals surface area (Å²) in [6, 6.07) is 8.80. The van der Waals surface area contributed by atoms with Crippen LogP contribution < -0.4 is 5.32 Å². The predicted octanol–water partition coefficient (Wildman–Crippen LogP) is 5.10. The van der Waals surface area contributed by atoms with Crippen LogP contribution in [-0.2, 0) is 0 Å². The van der Waals surface area contributed by atoms with E-state index >= 15 is 0 Å². The van der Waals surface area contributed by atoms with Gasteiger partial charge in [0.2, 0.25) is 0 Å². The second-order valence-corrected chi connectivity index (χ2v) is 4.87. The lowest BCUT2D eigenvalue weighted by molar-refractivity contribution is 0.566. The zero-order valence-electron chi connectivity index (χ0n) is 10.7. The molecule has 0 aliphatic heterocycles. The number of aryl methyl sites for hydroxylation is 1. The monoisotopic (exact) mass is 281 g/mol. The largest absolute Gasteiger partial charge is 0.377 e. The van der Waals surface area contributed by atoms with Crippen LogP contribution in [-0.4, -0.2) is 0 Å². The number of nitrogens with one attached hydrogen (secondary N) is 1. The van der Waals surface area contributed by atoms with Crippen molar-refractivity contribution in [1.82, 2.24) is 0 Å². The van der Waals surface area contributed by atoms with Gasteiger partial charge in [0.15, 0.2) is 0 Å². The fourth-order valence-electron chi connectivity index (χ4n) is 1.96. The first-order valence-corrected chi connectivity index (χ1v) is 6.33. The van der Waals surface area contributed by atoms with Gasteiger partial charge in [0.05, 0.1) is 16.8 Å². The fraction of sp³-hybridized carbons (Fsp3) is 0.200. The van der Waals surface area contributed by atoms with Crippen LogP contribution in [0.15, 0.2) is 36.4 Å². The van der Waals surface area contributed by atoms with Crippen molar-refractivity contribution < 1.29 is 8.78 Å². The van der Waals surface area contributed by atoms with Crippen LogP contribution in [0.3, 0.4) is 0 Å². The molecule has 0 aromatic heterocycles. The first-order valence-electron chi connectivity index (χ1n) is 5.95. The minimum absolute atomic E-state index is 0.306. The molecule has 0 radical (unpaired) electrons. The second kappa shape index (κ2) is 5.57. The van der Waals surface area contributed by atoms with Gasteiger partial charge in [-0.25, -0.2) is 8.78 Å². The Hall–Kier alpha value is -1.61. The van der Waals surface area contributed by atoms with Crippen molar-refractivity contribution in [2.24, 2.45) is 0 Å². The summed E-state index contributed by atoms with van der Waals surface area (Å²) in [4.78, 5) is 0. The SMILES string of the molecule is Cc1cccc(Cl)c1NC(C)c1ccc(F)cc1F. The molecular formula is C15H14ClF2N. The van der Waals surface area contributed by atoms with Gasteiger partial charge >= 0.3 is 0 Å². The van der Waals surface area contributed by atoms with E-state index in [1.54, 1.807) is 13.0 Å². The lowest BCUT2D eigenvalue weighted by atomic mass is 10.1. The Morgan fingerprint density at radius 1 is 1.16 bits per heavy atom. The molecular weight excluding hydrogens is 268 g/mol. The van der Waals surface area contributed by atoms with Crippen molar-refractivity contribution in [3.05, 3.63) is 64.2 Å². The molecule has 0 saturated heterocycles. The van der Waals surface area contributed by atoms with Crippen molar-refractivity contribution in [3.63, 3.8) is 0 Å². The molecule has 0 fully saturated rings. The van der Waals surface area contributed by atoms with Crippen LogP contribution in [0.2, 0.25) is 5.02 Å².